The highest BCUT2D eigenvalue weighted by molar-refractivity contribution is 5.78. The van der Waals surface area contributed by atoms with Gasteiger partial charge in [-0.2, -0.15) is 0 Å². The second-order valence-electron chi connectivity index (χ2n) is 7.09. The van der Waals surface area contributed by atoms with E-state index in [0.29, 0.717) is 6.61 Å². The van der Waals surface area contributed by atoms with Gasteiger partial charge in [-0.15, -0.1) is 0 Å². The van der Waals surface area contributed by atoms with E-state index in [2.05, 4.69) is 61.5 Å². The first-order valence-corrected chi connectivity index (χ1v) is 9.27. The number of aliphatic hydroxyl groups excluding tert-OH is 1. The second kappa shape index (κ2) is 7.92. The van der Waals surface area contributed by atoms with Gasteiger partial charge in [0.25, 0.3) is 0 Å². The number of unbranched alkanes of at least 4 members (excludes halogenated alkanes) is 1. The van der Waals surface area contributed by atoms with E-state index in [1.54, 1.807) is 0 Å². The first kappa shape index (κ1) is 18.5. The first-order valence-electron chi connectivity index (χ1n) is 9.27. The Kier molecular flexibility index (Phi) is 5.62. The average molecular weight is 352 g/mol. The number of hydrogen-bond donors (Lipinski definition) is 1. The summed E-state index contributed by atoms with van der Waals surface area (Å²) in [6.45, 7) is 9.88. The van der Waals surface area contributed by atoms with Crippen molar-refractivity contribution in [2.24, 2.45) is 0 Å². The minimum absolute atomic E-state index is 0.0359. The maximum atomic E-state index is 9.65. The molecule has 26 heavy (non-hydrogen) atoms. The van der Waals surface area contributed by atoms with Crippen molar-refractivity contribution in [2.45, 2.75) is 53.7 Å². The van der Waals surface area contributed by atoms with Crippen LogP contribution < -0.4 is 4.74 Å². The molecule has 0 spiro atoms. The van der Waals surface area contributed by atoms with Crippen LogP contribution in [-0.4, -0.2) is 21.3 Å². The van der Waals surface area contributed by atoms with Crippen LogP contribution in [0.5, 0.6) is 5.75 Å². The van der Waals surface area contributed by atoms with Crippen LogP contribution in [0.2, 0.25) is 0 Å². The lowest BCUT2D eigenvalue weighted by atomic mass is 10.1. The van der Waals surface area contributed by atoms with E-state index in [-0.39, 0.29) is 6.61 Å². The monoisotopic (exact) mass is 352 g/mol. The number of nitrogens with zero attached hydrogens (tertiary/aromatic N) is 2. The maximum Gasteiger partial charge on any atom is 0.135 e. The molecule has 0 saturated carbocycles. The van der Waals surface area contributed by atoms with E-state index in [1.165, 1.54) is 22.3 Å². The number of aliphatic hydroxyl groups is 1. The Hall–Kier alpha value is -2.33. The lowest BCUT2D eigenvalue weighted by Crippen LogP contribution is -2.06. The zero-order valence-electron chi connectivity index (χ0n) is 16.2. The molecule has 4 nitrogen and oxygen atoms in total. The fourth-order valence-corrected chi connectivity index (χ4v) is 3.32. The Morgan fingerprint density at radius 2 is 1.73 bits per heavy atom. The van der Waals surface area contributed by atoms with Crippen LogP contribution in [0.3, 0.4) is 0 Å². The van der Waals surface area contributed by atoms with Crippen molar-refractivity contribution >= 4 is 11.0 Å². The fraction of sp³-hybridized carbons (Fsp3) is 0.409. The molecule has 0 radical (unpaired) electrons. The van der Waals surface area contributed by atoms with Crippen LogP contribution >= 0.6 is 0 Å². The van der Waals surface area contributed by atoms with Gasteiger partial charge < -0.3 is 14.4 Å². The van der Waals surface area contributed by atoms with E-state index in [1.807, 2.05) is 6.07 Å². The first-order chi connectivity index (χ1) is 12.5. The Morgan fingerprint density at radius 3 is 2.46 bits per heavy atom. The molecule has 0 bridgehead atoms. The molecule has 0 fully saturated rings. The fourth-order valence-electron chi connectivity index (χ4n) is 3.32. The summed E-state index contributed by atoms with van der Waals surface area (Å²) in [4.78, 5) is 4.58. The van der Waals surface area contributed by atoms with Crippen LogP contribution in [0.1, 0.15) is 40.9 Å². The lowest BCUT2D eigenvalue weighted by Gasteiger charge is -2.11. The van der Waals surface area contributed by atoms with Gasteiger partial charge in [-0.3, -0.25) is 0 Å². The molecule has 0 aliphatic rings. The summed E-state index contributed by atoms with van der Waals surface area (Å²) in [6, 6.07) is 10.5. The Morgan fingerprint density at radius 1 is 0.962 bits per heavy atom. The highest BCUT2D eigenvalue weighted by atomic mass is 16.5. The second-order valence-corrected chi connectivity index (χ2v) is 7.09. The van der Waals surface area contributed by atoms with Gasteiger partial charge in [0, 0.05) is 6.54 Å². The van der Waals surface area contributed by atoms with Gasteiger partial charge in [0.1, 0.15) is 18.2 Å². The standard InChI is InChI=1S/C22H28N2O2/c1-15-7-8-21(18(4)11-15)26-10-6-5-9-24-20-13-17(3)16(2)12-19(20)23-22(24)14-25/h7-8,11-13,25H,5-6,9-10,14H2,1-4H3. The molecule has 3 aromatic rings. The number of hydrogen-bond acceptors (Lipinski definition) is 3. The molecule has 3 rings (SSSR count). The smallest absolute Gasteiger partial charge is 0.135 e. The van der Waals surface area contributed by atoms with Gasteiger partial charge in [-0.1, -0.05) is 17.7 Å². The van der Waals surface area contributed by atoms with Crippen LogP contribution in [0.15, 0.2) is 30.3 Å². The van der Waals surface area contributed by atoms with Crippen molar-refractivity contribution in [1.29, 1.82) is 0 Å². The molecule has 4 heteroatoms. The number of rotatable bonds is 7. The Balaban J connectivity index is 1.62. The summed E-state index contributed by atoms with van der Waals surface area (Å²) in [7, 11) is 0. The van der Waals surface area contributed by atoms with Crippen LogP contribution in [0.25, 0.3) is 11.0 Å². The molecule has 0 saturated heterocycles. The van der Waals surface area contributed by atoms with Crippen molar-refractivity contribution in [3.8, 4) is 5.75 Å². The largest absolute Gasteiger partial charge is 0.493 e. The molecule has 0 aliphatic carbocycles. The third-order valence-electron chi connectivity index (χ3n) is 4.95. The minimum atomic E-state index is -0.0359. The molecule has 1 aromatic heterocycles. The van der Waals surface area contributed by atoms with Crippen molar-refractivity contribution in [3.05, 3.63) is 58.4 Å². The zero-order valence-corrected chi connectivity index (χ0v) is 16.2. The molecule has 1 N–H and O–H groups in total. The van der Waals surface area contributed by atoms with Gasteiger partial charge in [-0.25, -0.2) is 4.98 Å². The molecular weight excluding hydrogens is 324 g/mol. The van der Waals surface area contributed by atoms with Gasteiger partial charge in [0.15, 0.2) is 0 Å². The minimum Gasteiger partial charge on any atom is -0.493 e. The van der Waals surface area contributed by atoms with Crippen molar-refractivity contribution in [3.63, 3.8) is 0 Å². The summed E-state index contributed by atoms with van der Waals surface area (Å²) < 4.78 is 8.05. The van der Waals surface area contributed by atoms with Gasteiger partial charge in [-0.05, 0) is 75.4 Å². The summed E-state index contributed by atoms with van der Waals surface area (Å²) >= 11 is 0. The molecule has 138 valence electrons. The van der Waals surface area contributed by atoms with Gasteiger partial charge in [0.2, 0.25) is 0 Å². The normalized spacial score (nSPS) is 11.3. The third-order valence-corrected chi connectivity index (χ3v) is 4.95. The third kappa shape index (κ3) is 3.91. The summed E-state index contributed by atoms with van der Waals surface area (Å²) in [5.41, 5.74) is 6.98. The number of ether oxygens (including phenoxy) is 1. The summed E-state index contributed by atoms with van der Waals surface area (Å²) in [6.07, 6.45) is 1.94. The number of aryl methyl sites for hydroxylation is 5. The van der Waals surface area contributed by atoms with Gasteiger partial charge >= 0.3 is 0 Å². The Bertz CT molecular complexity index is 912. The lowest BCUT2D eigenvalue weighted by molar-refractivity contribution is 0.263. The zero-order chi connectivity index (χ0) is 18.7. The van der Waals surface area contributed by atoms with E-state index in [9.17, 15) is 5.11 Å². The van der Waals surface area contributed by atoms with E-state index >= 15 is 0 Å². The Labute approximate surface area is 155 Å². The molecular formula is C22H28N2O2. The highest BCUT2D eigenvalue weighted by Crippen LogP contribution is 2.22. The van der Waals surface area contributed by atoms with Crippen LogP contribution in [-0.2, 0) is 13.2 Å². The number of imidazole rings is 1. The van der Waals surface area contributed by atoms with Crippen molar-refractivity contribution in [1.82, 2.24) is 9.55 Å². The average Bonchev–Trinajstić information content (AvgIpc) is 2.93. The maximum absolute atomic E-state index is 9.65. The molecule has 0 aliphatic heterocycles. The predicted octanol–water partition coefficient (Wildman–Crippen LogP) is 4.62. The van der Waals surface area contributed by atoms with Crippen LogP contribution in [0.4, 0.5) is 0 Å². The number of aromatic nitrogens is 2. The molecule has 0 atom stereocenters. The highest BCUT2D eigenvalue weighted by Gasteiger charge is 2.11. The molecule has 2 aromatic carbocycles. The van der Waals surface area contributed by atoms with Gasteiger partial charge in [0.05, 0.1) is 17.6 Å². The quantitative estimate of drug-likeness (QED) is 0.631. The topological polar surface area (TPSA) is 47.3 Å². The van der Waals surface area contributed by atoms with E-state index < -0.39 is 0 Å². The van der Waals surface area contributed by atoms with Crippen LogP contribution in [0, 0.1) is 27.7 Å². The van der Waals surface area contributed by atoms with E-state index in [4.69, 9.17) is 4.74 Å². The molecule has 1 heterocycles. The summed E-state index contributed by atoms with van der Waals surface area (Å²) in [5.74, 6) is 1.70. The summed E-state index contributed by atoms with van der Waals surface area (Å²) in [5, 5.41) is 9.65. The SMILES string of the molecule is Cc1ccc(OCCCCn2c(CO)nc3cc(C)c(C)cc32)c(C)c1. The van der Waals surface area contributed by atoms with Crippen molar-refractivity contribution < 1.29 is 9.84 Å². The predicted molar refractivity (Wildman–Crippen MR) is 106 cm³/mol. The molecule has 0 unspecified atom stereocenters. The number of fused-ring (bicyclic) bond motifs is 1. The van der Waals surface area contributed by atoms with Crippen molar-refractivity contribution in [2.75, 3.05) is 6.61 Å². The van der Waals surface area contributed by atoms with E-state index in [0.717, 1.165) is 42.0 Å². The number of benzene rings is 2. The molecule has 0 amide bonds.